The van der Waals surface area contributed by atoms with Crippen LogP contribution in [0.2, 0.25) is 5.15 Å². The Labute approximate surface area is 162 Å². The third kappa shape index (κ3) is 4.02. The third-order valence-corrected chi connectivity index (χ3v) is 4.58. The Hall–Kier alpha value is -2.70. The fourth-order valence-corrected chi connectivity index (χ4v) is 3.14. The van der Waals surface area contributed by atoms with Gasteiger partial charge in [-0.25, -0.2) is 4.98 Å². The summed E-state index contributed by atoms with van der Waals surface area (Å²) in [6.07, 6.45) is 0. The van der Waals surface area contributed by atoms with Gasteiger partial charge in [-0.15, -0.1) is 0 Å². The van der Waals surface area contributed by atoms with Gasteiger partial charge in [0.2, 0.25) is 0 Å². The van der Waals surface area contributed by atoms with E-state index in [1.54, 1.807) is 27.4 Å². The number of hydrogen-bond acceptors (Lipinski definition) is 6. The van der Waals surface area contributed by atoms with Crippen molar-refractivity contribution in [2.24, 2.45) is 0 Å². The van der Waals surface area contributed by atoms with Crippen LogP contribution in [0.5, 0.6) is 17.2 Å². The fraction of sp³-hybridized carbons (Fsp3) is 0.250. The fourth-order valence-electron chi connectivity index (χ4n) is 2.88. The zero-order valence-corrected chi connectivity index (χ0v) is 16.1. The number of anilines is 1. The molecule has 0 radical (unpaired) electrons. The molecule has 0 aliphatic heterocycles. The molecule has 0 fully saturated rings. The van der Waals surface area contributed by atoms with Crippen molar-refractivity contribution in [3.63, 3.8) is 0 Å². The van der Waals surface area contributed by atoms with Crippen molar-refractivity contribution in [2.75, 3.05) is 33.3 Å². The predicted octanol–water partition coefficient (Wildman–Crippen LogP) is 4.06. The van der Waals surface area contributed by atoms with E-state index in [4.69, 9.17) is 25.8 Å². The van der Waals surface area contributed by atoms with E-state index in [9.17, 15) is 5.11 Å². The van der Waals surface area contributed by atoms with Gasteiger partial charge in [0.15, 0.2) is 11.5 Å². The molecule has 27 heavy (non-hydrogen) atoms. The first-order chi connectivity index (χ1) is 13.1. The van der Waals surface area contributed by atoms with Crippen molar-refractivity contribution in [2.45, 2.75) is 6.04 Å². The lowest BCUT2D eigenvalue weighted by Gasteiger charge is -2.19. The van der Waals surface area contributed by atoms with Crippen LogP contribution in [0.25, 0.3) is 10.8 Å². The van der Waals surface area contributed by atoms with Crippen LogP contribution < -0.4 is 19.5 Å². The third-order valence-electron chi connectivity index (χ3n) is 4.29. The maximum absolute atomic E-state index is 9.84. The van der Waals surface area contributed by atoms with Gasteiger partial charge >= 0.3 is 0 Å². The topological polar surface area (TPSA) is 72.8 Å². The summed E-state index contributed by atoms with van der Waals surface area (Å²) >= 11 is 6.38. The second-order valence-corrected chi connectivity index (χ2v) is 6.24. The Morgan fingerprint density at radius 2 is 1.78 bits per heavy atom. The number of benzene rings is 2. The number of aliphatic hydroxyl groups is 1. The highest BCUT2D eigenvalue weighted by atomic mass is 35.5. The van der Waals surface area contributed by atoms with Gasteiger partial charge in [-0.2, -0.15) is 0 Å². The van der Waals surface area contributed by atoms with E-state index in [-0.39, 0.29) is 12.6 Å². The highest BCUT2D eigenvalue weighted by Gasteiger charge is 2.15. The smallest absolute Gasteiger partial charge is 0.161 e. The molecule has 2 N–H and O–H groups in total. The summed E-state index contributed by atoms with van der Waals surface area (Å²) in [6, 6.07) is 12.6. The van der Waals surface area contributed by atoms with Gasteiger partial charge in [0.05, 0.1) is 34.0 Å². The van der Waals surface area contributed by atoms with E-state index in [1.165, 1.54) is 0 Å². The van der Waals surface area contributed by atoms with Gasteiger partial charge < -0.3 is 24.6 Å². The minimum absolute atomic E-state index is 0.115. The number of fused-ring (bicyclic) bond motifs is 1. The maximum atomic E-state index is 9.84. The molecular weight excluding hydrogens is 368 g/mol. The average Bonchev–Trinajstić information content (AvgIpc) is 2.71. The summed E-state index contributed by atoms with van der Waals surface area (Å²) in [6.45, 7) is -0.115. The average molecular weight is 389 g/mol. The molecule has 0 saturated heterocycles. The van der Waals surface area contributed by atoms with Crippen molar-refractivity contribution in [1.82, 2.24) is 4.98 Å². The lowest BCUT2D eigenvalue weighted by atomic mass is 10.1. The summed E-state index contributed by atoms with van der Waals surface area (Å²) < 4.78 is 15.9. The van der Waals surface area contributed by atoms with Crippen LogP contribution in [0, 0.1) is 0 Å². The molecule has 1 heterocycles. The van der Waals surface area contributed by atoms with Crippen LogP contribution in [0.15, 0.2) is 42.5 Å². The van der Waals surface area contributed by atoms with E-state index in [1.807, 2.05) is 36.4 Å². The van der Waals surface area contributed by atoms with Crippen molar-refractivity contribution in [3.05, 3.63) is 53.2 Å². The number of methoxy groups -OCH3 is 3. The Kier molecular flexibility index (Phi) is 5.88. The minimum atomic E-state index is -0.360. The maximum Gasteiger partial charge on any atom is 0.161 e. The highest BCUT2D eigenvalue weighted by Crippen LogP contribution is 2.36. The molecule has 1 atom stereocenters. The Bertz CT molecular complexity index is 949. The van der Waals surface area contributed by atoms with E-state index in [0.29, 0.717) is 28.2 Å². The van der Waals surface area contributed by atoms with Gasteiger partial charge in [0.1, 0.15) is 16.7 Å². The predicted molar refractivity (Wildman–Crippen MR) is 106 cm³/mol. The van der Waals surface area contributed by atoms with Crippen LogP contribution in [0.1, 0.15) is 11.6 Å². The Morgan fingerprint density at radius 3 is 2.44 bits per heavy atom. The van der Waals surface area contributed by atoms with E-state index in [0.717, 1.165) is 16.3 Å². The quantitative estimate of drug-likeness (QED) is 0.595. The normalized spacial score (nSPS) is 11.9. The van der Waals surface area contributed by atoms with Crippen LogP contribution in [-0.4, -0.2) is 38.0 Å². The number of aromatic nitrogens is 1. The lowest BCUT2D eigenvalue weighted by Crippen LogP contribution is -2.15. The second-order valence-electron chi connectivity index (χ2n) is 5.88. The Balaban J connectivity index is 1.98. The van der Waals surface area contributed by atoms with Crippen molar-refractivity contribution < 1.29 is 19.3 Å². The number of halogens is 1. The molecule has 3 aromatic rings. The van der Waals surface area contributed by atoms with Gasteiger partial charge in [0.25, 0.3) is 0 Å². The van der Waals surface area contributed by atoms with Gasteiger partial charge in [0, 0.05) is 5.39 Å². The van der Waals surface area contributed by atoms with Gasteiger partial charge in [-0.05, 0) is 41.3 Å². The molecule has 2 aromatic carbocycles. The number of aliphatic hydroxyl groups excluding tert-OH is 1. The molecule has 6 nitrogen and oxygen atoms in total. The van der Waals surface area contributed by atoms with Crippen LogP contribution >= 0.6 is 11.6 Å². The second kappa shape index (κ2) is 8.33. The molecule has 0 spiro atoms. The van der Waals surface area contributed by atoms with E-state index >= 15 is 0 Å². The summed E-state index contributed by atoms with van der Waals surface area (Å²) in [7, 11) is 4.75. The molecule has 1 unspecified atom stereocenters. The number of pyridine rings is 1. The van der Waals surface area contributed by atoms with Crippen molar-refractivity contribution >= 4 is 28.2 Å². The highest BCUT2D eigenvalue weighted by molar-refractivity contribution is 6.34. The molecule has 7 heteroatoms. The van der Waals surface area contributed by atoms with E-state index < -0.39 is 0 Å². The SMILES string of the molecule is COc1cccc(C(CO)Nc2cc3cc(OC)c(OC)cc3c(Cl)n2)c1. The van der Waals surface area contributed by atoms with Crippen LogP contribution in [-0.2, 0) is 0 Å². The number of nitrogens with zero attached hydrogens (tertiary/aromatic N) is 1. The van der Waals surface area contributed by atoms with Gasteiger partial charge in [-0.3, -0.25) is 0 Å². The molecule has 0 bridgehead atoms. The first kappa shape index (κ1) is 19.1. The Morgan fingerprint density at radius 1 is 1.04 bits per heavy atom. The van der Waals surface area contributed by atoms with Crippen LogP contribution in [0.4, 0.5) is 5.82 Å². The summed E-state index contributed by atoms with van der Waals surface area (Å²) in [5, 5.41) is 15.0. The van der Waals surface area contributed by atoms with Crippen molar-refractivity contribution in [1.29, 1.82) is 0 Å². The van der Waals surface area contributed by atoms with Crippen LogP contribution in [0.3, 0.4) is 0 Å². The molecule has 3 rings (SSSR count). The monoisotopic (exact) mass is 388 g/mol. The number of nitrogens with one attached hydrogen (secondary N) is 1. The summed E-state index contributed by atoms with van der Waals surface area (Å²) in [5.41, 5.74) is 0.877. The van der Waals surface area contributed by atoms with E-state index in [2.05, 4.69) is 10.3 Å². The zero-order valence-electron chi connectivity index (χ0n) is 15.3. The lowest BCUT2D eigenvalue weighted by molar-refractivity contribution is 0.276. The minimum Gasteiger partial charge on any atom is -0.497 e. The molecule has 142 valence electrons. The molecule has 1 aromatic heterocycles. The number of ether oxygens (including phenoxy) is 3. The van der Waals surface area contributed by atoms with Crippen molar-refractivity contribution in [3.8, 4) is 17.2 Å². The summed E-state index contributed by atoms with van der Waals surface area (Å²) in [4.78, 5) is 4.40. The molecule has 0 saturated carbocycles. The molecular formula is C20H21ClN2O4. The van der Waals surface area contributed by atoms with Gasteiger partial charge in [-0.1, -0.05) is 23.7 Å². The number of hydrogen-bond donors (Lipinski definition) is 2. The molecule has 0 aliphatic carbocycles. The molecule has 0 aliphatic rings. The molecule has 0 amide bonds. The zero-order chi connectivity index (χ0) is 19.4. The largest absolute Gasteiger partial charge is 0.497 e. The standard InChI is InChI=1S/C20H21ClN2O4/c1-25-14-6-4-5-12(7-14)16(11-24)22-19-9-13-8-17(26-2)18(27-3)10-15(13)20(21)23-19/h4-10,16,24H,11H2,1-3H3,(H,22,23). The summed E-state index contributed by atoms with van der Waals surface area (Å²) in [5.74, 6) is 2.44. The first-order valence-corrected chi connectivity index (χ1v) is 8.71. The number of rotatable bonds is 7. The first-order valence-electron chi connectivity index (χ1n) is 8.33.